The van der Waals surface area contributed by atoms with Gasteiger partial charge < -0.3 is 9.67 Å². The van der Waals surface area contributed by atoms with E-state index < -0.39 is 5.97 Å². The molecule has 0 aliphatic carbocycles. The molecule has 23 heavy (non-hydrogen) atoms. The molecule has 3 aromatic rings. The predicted octanol–water partition coefficient (Wildman–Crippen LogP) is 4.20. The average molecular weight is 375 g/mol. The molecule has 0 saturated carbocycles. The first kappa shape index (κ1) is 15.4. The fourth-order valence-corrected chi connectivity index (χ4v) is 2.84. The van der Waals surface area contributed by atoms with Gasteiger partial charge in [0.2, 0.25) is 0 Å². The van der Waals surface area contributed by atoms with Gasteiger partial charge in [0, 0.05) is 29.0 Å². The maximum atomic E-state index is 13.6. The lowest BCUT2D eigenvalue weighted by molar-refractivity contribution is 0.0696. The number of carbonyl (C=O) groups is 1. The van der Waals surface area contributed by atoms with Crippen molar-refractivity contribution in [1.82, 2.24) is 9.55 Å². The highest BCUT2D eigenvalue weighted by Gasteiger charge is 2.10. The largest absolute Gasteiger partial charge is 0.478 e. The normalized spacial score (nSPS) is 10.7. The van der Waals surface area contributed by atoms with Gasteiger partial charge in [0.25, 0.3) is 0 Å². The van der Waals surface area contributed by atoms with Crippen molar-refractivity contribution in [2.75, 3.05) is 0 Å². The van der Waals surface area contributed by atoms with E-state index in [1.54, 1.807) is 36.7 Å². The van der Waals surface area contributed by atoms with Gasteiger partial charge in [-0.05, 0) is 35.9 Å². The molecule has 0 aliphatic rings. The van der Waals surface area contributed by atoms with Crippen LogP contribution >= 0.6 is 15.9 Å². The Morgan fingerprint density at radius 3 is 2.83 bits per heavy atom. The third-order valence-corrected chi connectivity index (χ3v) is 3.82. The molecular weight excluding hydrogens is 363 g/mol. The molecule has 116 valence electrons. The van der Waals surface area contributed by atoms with Crippen molar-refractivity contribution in [3.63, 3.8) is 0 Å². The molecule has 1 aromatic heterocycles. The van der Waals surface area contributed by atoms with Crippen molar-refractivity contribution in [2.24, 2.45) is 0 Å². The van der Waals surface area contributed by atoms with Crippen LogP contribution in [0.15, 0.2) is 59.3 Å². The first-order valence-corrected chi connectivity index (χ1v) is 7.62. The molecule has 2 aromatic carbocycles. The molecule has 0 atom stereocenters. The Bertz CT molecular complexity index is 856. The molecule has 0 unspecified atom stereocenters. The zero-order valence-corrected chi connectivity index (χ0v) is 13.5. The summed E-state index contributed by atoms with van der Waals surface area (Å²) < 4.78 is 16.1. The van der Waals surface area contributed by atoms with Crippen molar-refractivity contribution in [3.05, 3.63) is 76.3 Å². The van der Waals surface area contributed by atoms with E-state index in [2.05, 4.69) is 20.9 Å². The minimum absolute atomic E-state index is 0.234. The summed E-state index contributed by atoms with van der Waals surface area (Å²) in [4.78, 5) is 15.3. The molecular formula is C17H12BrFN2O2. The van der Waals surface area contributed by atoms with Crippen molar-refractivity contribution >= 4 is 21.9 Å². The summed E-state index contributed by atoms with van der Waals surface area (Å²) >= 11 is 3.27. The Labute approximate surface area is 140 Å². The van der Waals surface area contributed by atoms with Crippen LogP contribution in [0.3, 0.4) is 0 Å². The quantitative estimate of drug-likeness (QED) is 0.744. The number of hydrogen-bond donors (Lipinski definition) is 1. The standard InChI is InChI=1S/C17H12BrFN2O2/c18-14-7-13(8-15(19)9-14)16-20-4-5-21(16)10-11-2-1-3-12(6-11)17(22)23/h1-9H,10H2,(H,22,23). The number of carboxylic acids is 1. The number of hydrogen-bond acceptors (Lipinski definition) is 2. The molecule has 0 saturated heterocycles. The second-order valence-electron chi connectivity index (χ2n) is 5.04. The van der Waals surface area contributed by atoms with Crippen LogP contribution in [-0.4, -0.2) is 20.6 Å². The molecule has 0 bridgehead atoms. The van der Waals surface area contributed by atoms with E-state index in [1.165, 1.54) is 12.1 Å². The van der Waals surface area contributed by atoms with Gasteiger partial charge in [0.1, 0.15) is 11.6 Å². The highest BCUT2D eigenvalue weighted by atomic mass is 79.9. The number of nitrogens with zero attached hydrogens (tertiary/aromatic N) is 2. The molecule has 1 N–H and O–H groups in total. The summed E-state index contributed by atoms with van der Waals surface area (Å²) in [6.07, 6.45) is 3.41. The van der Waals surface area contributed by atoms with Gasteiger partial charge in [-0.2, -0.15) is 0 Å². The summed E-state index contributed by atoms with van der Waals surface area (Å²) in [7, 11) is 0. The number of aromatic nitrogens is 2. The van der Waals surface area contributed by atoms with Crippen molar-refractivity contribution in [3.8, 4) is 11.4 Å². The Morgan fingerprint density at radius 1 is 1.26 bits per heavy atom. The average Bonchev–Trinajstić information content (AvgIpc) is 2.94. The highest BCUT2D eigenvalue weighted by Crippen LogP contribution is 2.24. The van der Waals surface area contributed by atoms with E-state index >= 15 is 0 Å². The number of aromatic carboxylic acids is 1. The van der Waals surface area contributed by atoms with Crippen LogP contribution in [0.4, 0.5) is 4.39 Å². The van der Waals surface area contributed by atoms with Gasteiger partial charge in [0.15, 0.2) is 0 Å². The SMILES string of the molecule is O=C(O)c1cccc(Cn2ccnc2-c2cc(F)cc(Br)c2)c1. The lowest BCUT2D eigenvalue weighted by Crippen LogP contribution is -2.03. The summed E-state index contributed by atoms with van der Waals surface area (Å²) in [5.74, 6) is -0.700. The molecule has 3 rings (SSSR count). The summed E-state index contributed by atoms with van der Waals surface area (Å²) in [5.41, 5.74) is 1.72. The molecule has 0 amide bonds. The second kappa shape index (κ2) is 6.34. The van der Waals surface area contributed by atoms with Gasteiger partial charge in [0.05, 0.1) is 5.56 Å². The van der Waals surface area contributed by atoms with Crippen LogP contribution in [0.25, 0.3) is 11.4 Å². The monoisotopic (exact) mass is 374 g/mol. The van der Waals surface area contributed by atoms with Crippen LogP contribution in [0.1, 0.15) is 15.9 Å². The maximum Gasteiger partial charge on any atom is 0.335 e. The lowest BCUT2D eigenvalue weighted by atomic mass is 10.1. The van der Waals surface area contributed by atoms with Crippen LogP contribution in [0.2, 0.25) is 0 Å². The molecule has 0 radical (unpaired) electrons. The Kier molecular flexibility index (Phi) is 4.25. The molecule has 6 heteroatoms. The van der Waals surface area contributed by atoms with E-state index in [4.69, 9.17) is 5.11 Å². The minimum atomic E-state index is -0.966. The number of rotatable bonds is 4. The fraction of sp³-hybridized carbons (Fsp3) is 0.0588. The summed E-state index contributed by atoms with van der Waals surface area (Å²) in [5, 5.41) is 9.06. The Hall–Kier alpha value is -2.47. The molecule has 1 heterocycles. The molecule has 4 nitrogen and oxygen atoms in total. The van der Waals surface area contributed by atoms with Crippen LogP contribution in [0.5, 0.6) is 0 Å². The van der Waals surface area contributed by atoms with Crippen molar-refractivity contribution in [1.29, 1.82) is 0 Å². The second-order valence-corrected chi connectivity index (χ2v) is 5.96. The van der Waals surface area contributed by atoms with Crippen LogP contribution in [-0.2, 0) is 6.54 Å². The molecule has 0 aliphatic heterocycles. The highest BCUT2D eigenvalue weighted by molar-refractivity contribution is 9.10. The van der Waals surface area contributed by atoms with Crippen LogP contribution < -0.4 is 0 Å². The van der Waals surface area contributed by atoms with Gasteiger partial charge in [-0.1, -0.05) is 28.1 Å². The first-order chi connectivity index (χ1) is 11.0. The number of carboxylic acid groups (broad SMARTS) is 1. The smallest absolute Gasteiger partial charge is 0.335 e. The molecule has 0 fully saturated rings. The Morgan fingerprint density at radius 2 is 2.09 bits per heavy atom. The lowest BCUT2D eigenvalue weighted by Gasteiger charge is -2.09. The van der Waals surface area contributed by atoms with Gasteiger partial charge >= 0.3 is 5.97 Å². The van der Waals surface area contributed by atoms with Gasteiger partial charge in [-0.25, -0.2) is 14.2 Å². The van der Waals surface area contributed by atoms with E-state index in [9.17, 15) is 9.18 Å². The first-order valence-electron chi connectivity index (χ1n) is 6.83. The predicted molar refractivity (Wildman–Crippen MR) is 87.8 cm³/mol. The number of halogens is 2. The number of imidazole rings is 1. The van der Waals surface area contributed by atoms with E-state index in [0.717, 1.165) is 5.56 Å². The topological polar surface area (TPSA) is 55.1 Å². The van der Waals surface area contributed by atoms with E-state index in [-0.39, 0.29) is 11.4 Å². The van der Waals surface area contributed by atoms with Gasteiger partial charge in [-0.15, -0.1) is 0 Å². The third kappa shape index (κ3) is 3.48. The summed E-state index contributed by atoms with van der Waals surface area (Å²) in [6, 6.07) is 11.3. The zero-order valence-electron chi connectivity index (χ0n) is 11.9. The van der Waals surface area contributed by atoms with Crippen molar-refractivity contribution in [2.45, 2.75) is 6.54 Å². The van der Waals surface area contributed by atoms with E-state index in [0.29, 0.717) is 22.4 Å². The zero-order chi connectivity index (χ0) is 16.4. The summed E-state index contributed by atoms with van der Waals surface area (Å²) in [6.45, 7) is 0.449. The molecule has 0 spiro atoms. The Balaban J connectivity index is 1.95. The number of benzene rings is 2. The van der Waals surface area contributed by atoms with Crippen LogP contribution in [0, 0.1) is 5.82 Å². The third-order valence-electron chi connectivity index (χ3n) is 3.36. The fourth-order valence-electron chi connectivity index (χ4n) is 2.38. The van der Waals surface area contributed by atoms with E-state index in [1.807, 2.05) is 10.6 Å². The van der Waals surface area contributed by atoms with Gasteiger partial charge in [-0.3, -0.25) is 0 Å². The maximum absolute atomic E-state index is 13.6. The van der Waals surface area contributed by atoms with Crippen molar-refractivity contribution < 1.29 is 14.3 Å². The minimum Gasteiger partial charge on any atom is -0.478 e.